The van der Waals surface area contributed by atoms with Crippen molar-refractivity contribution in [2.45, 2.75) is 38.8 Å². The van der Waals surface area contributed by atoms with Crippen molar-refractivity contribution in [1.29, 1.82) is 0 Å². The fraction of sp³-hybridized carbons (Fsp3) is 0.400. The Morgan fingerprint density at radius 1 is 1.28 bits per heavy atom. The first-order valence-corrected chi connectivity index (χ1v) is 6.61. The number of benzene rings is 1. The van der Waals surface area contributed by atoms with Crippen LogP contribution in [0, 0.1) is 0 Å². The molecule has 0 radical (unpaired) electrons. The highest BCUT2D eigenvalue weighted by molar-refractivity contribution is 5.18. The summed E-state index contributed by atoms with van der Waals surface area (Å²) in [4.78, 5) is 0. The smallest absolute Gasteiger partial charge is 0.0521 e. The van der Waals surface area contributed by atoms with Crippen molar-refractivity contribution < 1.29 is 0 Å². The zero-order valence-electron chi connectivity index (χ0n) is 10.9. The lowest BCUT2D eigenvalue weighted by Gasteiger charge is -2.11. The molecular weight excluding hydrogens is 222 g/mol. The van der Waals surface area contributed by atoms with Crippen LogP contribution in [0.4, 0.5) is 0 Å². The highest BCUT2D eigenvalue weighted by Crippen LogP contribution is 2.16. The molecule has 18 heavy (non-hydrogen) atoms. The van der Waals surface area contributed by atoms with Gasteiger partial charge in [0, 0.05) is 18.8 Å². The van der Waals surface area contributed by atoms with Crippen LogP contribution in [0.3, 0.4) is 0 Å². The van der Waals surface area contributed by atoms with Crippen molar-refractivity contribution in [3.8, 4) is 0 Å². The number of nitrogens with zero attached hydrogens (tertiary/aromatic N) is 2. The van der Waals surface area contributed by atoms with Gasteiger partial charge in [0.25, 0.3) is 0 Å². The first-order valence-electron chi connectivity index (χ1n) is 6.61. The lowest BCUT2D eigenvalue weighted by Crippen LogP contribution is -2.10. The summed E-state index contributed by atoms with van der Waals surface area (Å²) in [6.07, 6.45) is 7.25. The van der Waals surface area contributed by atoms with Crippen LogP contribution in [-0.2, 0) is 13.0 Å². The summed E-state index contributed by atoms with van der Waals surface area (Å²) < 4.78 is 1.96. The van der Waals surface area contributed by atoms with Crippen LogP contribution in [0.1, 0.15) is 36.9 Å². The molecule has 0 spiro atoms. The molecule has 0 saturated heterocycles. The molecule has 96 valence electrons. The predicted octanol–water partition coefficient (Wildman–Crippen LogP) is 2.93. The molecule has 1 unspecified atom stereocenters. The zero-order chi connectivity index (χ0) is 12.8. The van der Waals surface area contributed by atoms with E-state index in [0.29, 0.717) is 0 Å². The van der Waals surface area contributed by atoms with E-state index in [1.165, 1.54) is 11.1 Å². The molecule has 1 aromatic heterocycles. The van der Waals surface area contributed by atoms with Gasteiger partial charge < -0.3 is 5.73 Å². The van der Waals surface area contributed by atoms with Crippen molar-refractivity contribution in [3.63, 3.8) is 0 Å². The third kappa shape index (κ3) is 3.44. The van der Waals surface area contributed by atoms with Crippen molar-refractivity contribution in [2.75, 3.05) is 0 Å². The third-order valence-corrected chi connectivity index (χ3v) is 3.22. The standard InChI is InChI=1S/C15H21N3/c1-2-18-12-13(11-17-18)7-6-10-15(16)14-8-4-3-5-9-14/h3-5,8-9,11-12,15H,2,6-7,10,16H2,1H3. The minimum Gasteiger partial charge on any atom is -0.324 e. The molecule has 0 amide bonds. The maximum absolute atomic E-state index is 6.17. The third-order valence-electron chi connectivity index (χ3n) is 3.22. The van der Waals surface area contributed by atoms with Gasteiger partial charge in [-0.25, -0.2) is 0 Å². The van der Waals surface area contributed by atoms with Gasteiger partial charge in [0.05, 0.1) is 6.20 Å². The quantitative estimate of drug-likeness (QED) is 0.847. The Morgan fingerprint density at radius 2 is 2.06 bits per heavy atom. The minimum absolute atomic E-state index is 0.146. The van der Waals surface area contributed by atoms with E-state index in [1.54, 1.807) is 0 Å². The van der Waals surface area contributed by atoms with Gasteiger partial charge in [-0.1, -0.05) is 30.3 Å². The van der Waals surface area contributed by atoms with Gasteiger partial charge >= 0.3 is 0 Å². The summed E-state index contributed by atoms with van der Waals surface area (Å²) in [6.45, 7) is 3.03. The van der Waals surface area contributed by atoms with E-state index >= 15 is 0 Å². The maximum Gasteiger partial charge on any atom is 0.0521 e. The molecule has 0 fully saturated rings. The number of hydrogen-bond donors (Lipinski definition) is 1. The first kappa shape index (κ1) is 12.8. The number of aromatic nitrogens is 2. The Morgan fingerprint density at radius 3 is 2.72 bits per heavy atom. The second-order valence-electron chi connectivity index (χ2n) is 4.61. The van der Waals surface area contributed by atoms with Crippen LogP contribution in [0.2, 0.25) is 0 Å². The van der Waals surface area contributed by atoms with Crippen molar-refractivity contribution in [3.05, 3.63) is 53.9 Å². The lowest BCUT2D eigenvalue weighted by molar-refractivity contribution is 0.610. The molecule has 2 rings (SSSR count). The fourth-order valence-electron chi connectivity index (χ4n) is 2.10. The van der Waals surface area contributed by atoms with Crippen LogP contribution >= 0.6 is 0 Å². The second kappa shape index (κ2) is 6.36. The summed E-state index contributed by atoms with van der Waals surface area (Å²) in [7, 11) is 0. The van der Waals surface area contributed by atoms with E-state index in [4.69, 9.17) is 5.73 Å². The molecule has 0 aliphatic rings. The van der Waals surface area contributed by atoms with Crippen LogP contribution in [0.5, 0.6) is 0 Å². The van der Waals surface area contributed by atoms with E-state index in [-0.39, 0.29) is 6.04 Å². The van der Waals surface area contributed by atoms with E-state index < -0.39 is 0 Å². The molecule has 0 aliphatic carbocycles. The topological polar surface area (TPSA) is 43.8 Å². The van der Waals surface area contributed by atoms with Gasteiger partial charge in [0.1, 0.15) is 0 Å². The Kier molecular flexibility index (Phi) is 4.53. The lowest BCUT2D eigenvalue weighted by atomic mass is 10.0. The minimum atomic E-state index is 0.146. The maximum atomic E-state index is 6.17. The van der Waals surface area contributed by atoms with Gasteiger partial charge in [-0.3, -0.25) is 4.68 Å². The highest BCUT2D eigenvalue weighted by atomic mass is 15.3. The van der Waals surface area contributed by atoms with Crippen LogP contribution < -0.4 is 5.73 Å². The van der Waals surface area contributed by atoms with Gasteiger partial charge in [-0.05, 0) is 37.3 Å². The zero-order valence-corrected chi connectivity index (χ0v) is 10.9. The Hall–Kier alpha value is -1.61. The van der Waals surface area contributed by atoms with Gasteiger partial charge in [0.15, 0.2) is 0 Å². The van der Waals surface area contributed by atoms with Crippen LogP contribution in [0.15, 0.2) is 42.7 Å². The SMILES string of the molecule is CCn1cc(CCCC(N)c2ccccc2)cn1. The highest BCUT2D eigenvalue weighted by Gasteiger charge is 2.05. The summed E-state index contributed by atoms with van der Waals surface area (Å²) in [5, 5.41) is 4.28. The van der Waals surface area contributed by atoms with Crippen molar-refractivity contribution in [2.24, 2.45) is 5.73 Å². The summed E-state index contributed by atoms with van der Waals surface area (Å²) in [6, 6.07) is 10.4. The fourth-order valence-corrected chi connectivity index (χ4v) is 2.10. The first-order chi connectivity index (χ1) is 8.79. The van der Waals surface area contributed by atoms with Crippen molar-refractivity contribution >= 4 is 0 Å². The van der Waals surface area contributed by atoms with Crippen LogP contribution in [-0.4, -0.2) is 9.78 Å². The van der Waals surface area contributed by atoms with E-state index in [1.807, 2.05) is 29.1 Å². The molecule has 3 nitrogen and oxygen atoms in total. The normalized spacial score (nSPS) is 12.6. The molecule has 0 saturated carbocycles. The van der Waals surface area contributed by atoms with Gasteiger partial charge in [-0.2, -0.15) is 5.10 Å². The summed E-state index contributed by atoms with van der Waals surface area (Å²) >= 11 is 0. The molecular formula is C15H21N3. The average Bonchev–Trinajstić information content (AvgIpc) is 2.87. The van der Waals surface area contributed by atoms with Crippen LogP contribution in [0.25, 0.3) is 0 Å². The van der Waals surface area contributed by atoms with Gasteiger partial charge in [0.2, 0.25) is 0 Å². The predicted molar refractivity (Wildman–Crippen MR) is 74.2 cm³/mol. The molecule has 1 heterocycles. The monoisotopic (exact) mass is 243 g/mol. The Balaban J connectivity index is 1.78. The largest absolute Gasteiger partial charge is 0.324 e. The molecule has 3 heteroatoms. The molecule has 0 aliphatic heterocycles. The number of hydrogen-bond acceptors (Lipinski definition) is 2. The van der Waals surface area contributed by atoms with E-state index in [9.17, 15) is 0 Å². The molecule has 1 atom stereocenters. The van der Waals surface area contributed by atoms with Gasteiger partial charge in [-0.15, -0.1) is 0 Å². The number of aryl methyl sites for hydroxylation is 2. The number of rotatable bonds is 6. The number of nitrogens with two attached hydrogens (primary N) is 1. The van der Waals surface area contributed by atoms with E-state index in [2.05, 4.69) is 30.4 Å². The molecule has 0 bridgehead atoms. The molecule has 2 aromatic rings. The Bertz CT molecular complexity index is 462. The summed E-state index contributed by atoms with van der Waals surface area (Å²) in [5.74, 6) is 0. The Labute approximate surface area is 109 Å². The summed E-state index contributed by atoms with van der Waals surface area (Å²) in [5.41, 5.74) is 8.70. The molecule has 2 N–H and O–H groups in total. The van der Waals surface area contributed by atoms with Crippen molar-refractivity contribution in [1.82, 2.24) is 9.78 Å². The second-order valence-corrected chi connectivity index (χ2v) is 4.61. The average molecular weight is 243 g/mol. The van der Waals surface area contributed by atoms with E-state index in [0.717, 1.165) is 25.8 Å². The molecule has 1 aromatic carbocycles.